The molecule has 2 amide bonds. The van der Waals surface area contributed by atoms with E-state index in [1.165, 1.54) is 16.7 Å². The van der Waals surface area contributed by atoms with Crippen LogP contribution in [0.2, 0.25) is 0 Å². The topological polar surface area (TPSA) is 105 Å². The Labute approximate surface area is 193 Å². The highest BCUT2D eigenvalue weighted by Gasteiger charge is 2.75. The SMILES string of the molecule is CCOC(=O)[C@H]1[C@@H]2SC3(CC2Br)C(C(=O)Nc2ccc(OC)cc2)N(CCO)C(=O)[C@H]13. The van der Waals surface area contributed by atoms with E-state index in [0.29, 0.717) is 17.9 Å². The number of nitrogens with one attached hydrogen (secondary N) is 1. The molecule has 3 saturated heterocycles. The van der Waals surface area contributed by atoms with Crippen LogP contribution in [0.5, 0.6) is 5.75 Å². The summed E-state index contributed by atoms with van der Waals surface area (Å²) < 4.78 is 9.68. The molecule has 0 radical (unpaired) electrons. The number of methoxy groups -OCH3 is 1. The van der Waals surface area contributed by atoms with Crippen LogP contribution >= 0.6 is 27.7 Å². The van der Waals surface area contributed by atoms with Gasteiger partial charge in [0.2, 0.25) is 11.8 Å². The molecule has 8 nitrogen and oxygen atoms in total. The molecule has 0 saturated carbocycles. The highest BCUT2D eigenvalue weighted by Crippen LogP contribution is 2.67. The van der Waals surface area contributed by atoms with Crippen LogP contribution in [0.25, 0.3) is 0 Å². The molecule has 3 aliphatic rings. The molecule has 1 aromatic rings. The number of anilines is 1. The molecular weight excluding hydrogens is 488 g/mol. The number of hydrogen-bond acceptors (Lipinski definition) is 7. The molecule has 6 atom stereocenters. The number of thioether (sulfide) groups is 1. The molecule has 31 heavy (non-hydrogen) atoms. The number of fused-ring (bicyclic) bond motifs is 1. The van der Waals surface area contributed by atoms with Gasteiger partial charge in [-0.2, -0.15) is 0 Å². The van der Waals surface area contributed by atoms with Gasteiger partial charge in [-0.3, -0.25) is 14.4 Å². The summed E-state index contributed by atoms with van der Waals surface area (Å²) in [6.07, 6.45) is 0.581. The van der Waals surface area contributed by atoms with Crippen molar-refractivity contribution in [2.75, 3.05) is 32.2 Å². The highest BCUT2D eigenvalue weighted by molar-refractivity contribution is 9.09. The number of nitrogens with zero attached hydrogens (tertiary/aromatic N) is 1. The fourth-order valence-corrected chi connectivity index (χ4v) is 8.77. The van der Waals surface area contributed by atoms with Gasteiger partial charge in [0.25, 0.3) is 0 Å². The second kappa shape index (κ2) is 8.63. The van der Waals surface area contributed by atoms with Gasteiger partial charge in [0, 0.05) is 22.3 Å². The van der Waals surface area contributed by atoms with Gasteiger partial charge < -0.3 is 24.8 Å². The Morgan fingerprint density at radius 2 is 2.06 bits per heavy atom. The summed E-state index contributed by atoms with van der Waals surface area (Å²) >= 11 is 5.20. The van der Waals surface area contributed by atoms with Gasteiger partial charge in [-0.15, -0.1) is 11.8 Å². The first kappa shape index (κ1) is 22.4. The van der Waals surface area contributed by atoms with Gasteiger partial charge in [-0.05, 0) is 37.6 Å². The predicted molar refractivity (Wildman–Crippen MR) is 119 cm³/mol. The number of likely N-dealkylation sites (tertiary alicyclic amines) is 1. The van der Waals surface area contributed by atoms with Crippen molar-refractivity contribution >= 4 is 51.2 Å². The van der Waals surface area contributed by atoms with Crippen LogP contribution in [-0.2, 0) is 19.1 Å². The first-order valence-electron chi connectivity index (χ1n) is 10.2. The number of carbonyl (C=O) groups is 3. The summed E-state index contributed by atoms with van der Waals surface area (Å²) in [6, 6.07) is 6.14. The molecule has 3 aliphatic heterocycles. The van der Waals surface area contributed by atoms with E-state index in [2.05, 4.69) is 21.2 Å². The number of aliphatic hydroxyl groups is 1. The molecule has 168 valence electrons. The van der Waals surface area contributed by atoms with Crippen LogP contribution < -0.4 is 10.1 Å². The number of aliphatic hydroxyl groups excluding tert-OH is 1. The molecule has 0 aromatic heterocycles. The Bertz CT molecular complexity index is 883. The molecule has 2 N–H and O–H groups in total. The van der Waals surface area contributed by atoms with Crippen LogP contribution in [0.15, 0.2) is 24.3 Å². The second-order valence-electron chi connectivity index (χ2n) is 7.89. The van der Waals surface area contributed by atoms with Gasteiger partial charge in [0.1, 0.15) is 11.8 Å². The Balaban J connectivity index is 1.68. The van der Waals surface area contributed by atoms with E-state index in [0.717, 1.165) is 0 Å². The van der Waals surface area contributed by atoms with Gasteiger partial charge in [-0.25, -0.2) is 0 Å². The van der Waals surface area contributed by atoms with Crippen molar-refractivity contribution in [2.45, 2.75) is 34.2 Å². The van der Waals surface area contributed by atoms with Crippen LogP contribution in [0.3, 0.4) is 0 Å². The minimum absolute atomic E-state index is 0.0127. The highest BCUT2D eigenvalue weighted by atomic mass is 79.9. The molecule has 1 spiro atoms. The molecule has 2 bridgehead atoms. The first-order chi connectivity index (χ1) is 14.9. The monoisotopic (exact) mass is 512 g/mol. The Kier molecular flexibility index (Phi) is 6.24. The summed E-state index contributed by atoms with van der Waals surface area (Å²) in [5.74, 6) is -1.59. The number of rotatable bonds is 7. The van der Waals surface area contributed by atoms with Crippen molar-refractivity contribution in [3.05, 3.63) is 24.3 Å². The minimum Gasteiger partial charge on any atom is -0.497 e. The smallest absolute Gasteiger partial charge is 0.310 e. The van der Waals surface area contributed by atoms with Crippen molar-refractivity contribution in [1.82, 2.24) is 4.90 Å². The summed E-state index contributed by atoms with van der Waals surface area (Å²) in [7, 11) is 1.56. The second-order valence-corrected chi connectivity index (χ2v) is 10.6. The van der Waals surface area contributed by atoms with Crippen molar-refractivity contribution in [3.63, 3.8) is 0 Å². The molecule has 3 fully saturated rings. The van der Waals surface area contributed by atoms with E-state index in [1.54, 1.807) is 38.3 Å². The maximum absolute atomic E-state index is 13.5. The standard InChI is InChI=1S/C21H25BrN2O6S/c1-3-30-20(28)14-15-19(27)24(8-9-25)17(21(15)10-13(22)16(14)31-21)18(26)23-11-4-6-12(29-2)7-5-11/h4-7,13-17,25H,3,8-10H2,1-2H3,(H,23,26)/t13?,14-,15+,16-,17?,21?/m1/s1. The number of β-amino-alcohol motifs (C(OH)–C–C–N with tert-alkyl or cyclic N) is 1. The molecule has 0 aliphatic carbocycles. The van der Waals surface area contributed by atoms with E-state index >= 15 is 0 Å². The van der Waals surface area contributed by atoms with Crippen molar-refractivity contribution < 1.29 is 29.0 Å². The van der Waals surface area contributed by atoms with Gasteiger partial charge in [0.05, 0.1) is 36.9 Å². The molecule has 4 rings (SSSR count). The summed E-state index contributed by atoms with van der Waals surface area (Å²) in [4.78, 5) is 41.1. The number of amides is 2. The third-order valence-electron chi connectivity index (χ3n) is 6.29. The van der Waals surface area contributed by atoms with E-state index < -0.39 is 28.6 Å². The zero-order chi connectivity index (χ0) is 22.3. The predicted octanol–water partition coefficient (Wildman–Crippen LogP) is 1.65. The average Bonchev–Trinajstić information content (AvgIpc) is 3.33. The first-order valence-corrected chi connectivity index (χ1v) is 12.0. The molecule has 10 heteroatoms. The third kappa shape index (κ3) is 3.52. The lowest BCUT2D eigenvalue weighted by Gasteiger charge is -2.35. The summed E-state index contributed by atoms with van der Waals surface area (Å²) in [6.45, 7) is 1.73. The van der Waals surface area contributed by atoms with E-state index in [1.807, 2.05) is 0 Å². The number of benzene rings is 1. The Morgan fingerprint density at radius 1 is 1.35 bits per heavy atom. The lowest BCUT2D eigenvalue weighted by molar-refractivity contribution is -0.153. The lowest BCUT2D eigenvalue weighted by Crippen LogP contribution is -2.52. The van der Waals surface area contributed by atoms with E-state index in [9.17, 15) is 19.5 Å². The van der Waals surface area contributed by atoms with Crippen LogP contribution in [0.1, 0.15) is 13.3 Å². The van der Waals surface area contributed by atoms with Crippen LogP contribution in [-0.4, -0.2) is 75.5 Å². The van der Waals surface area contributed by atoms with Gasteiger partial charge in [-0.1, -0.05) is 15.9 Å². The number of carbonyl (C=O) groups excluding carboxylic acids is 3. The van der Waals surface area contributed by atoms with Crippen molar-refractivity contribution in [1.29, 1.82) is 0 Å². The zero-order valence-electron chi connectivity index (χ0n) is 17.2. The number of alkyl halides is 1. The van der Waals surface area contributed by atoms with E-state index in [4.69, 9.17) is 9.47 Å². The molecule has 3 heterocycles. The van der Waals surface area contributed by atoms with Crippen molar-refractivity contribution in [3.8, 4) is 5.75 Å². The number of esters is 1. The zero-order valence-corrected chi connectivity index (χ0v) is 19.6. The summed E-state index contributed by atoms with van der Waals surface area (Å²) in [5.41, 5.74) is 0.580. The average molecular weight is 513 g/mol. The Morgan fingerprint density at radius 3 is 2.68 bits per heavy atom. The molecule has 1 aromatic carbocycles. The van der Waals surface area contributed by atoms with Crippen molar-refractivity contribution in [2.24, 2.45) is 11.8 Å². The summed E-state index contributed by atoms with van der Waals surface area (Å²) in [5, 5.41) is 12.4. The van der Waals surface area contributed by atoms with E-state index in [-0.39, 0.29) is 41.6 Å². The van der Waals surface area contributed by atoms with Gasteiger partial charge in [0.15, 0.2) is 0 Å². The normalized spacial score (nSPS) is 33.4. The maximum atomic E-state index is 13.5. The fourth-order valence-electron chi connectivity index (χ4n) is 5.17. The van der Waals surface area contributed by atoms with Gasteiger partial charge >= 0.3 is 5.97 Å². The number of halogens is 1. The largest absolute Gasteiger partial charge is 0.497 e. The van der Waals surface area contributed by atoms with Crippen LogP contribution in [0, 0.1) is 11.8 Å². The van der Waals surface area contributed by atoms with Crippen LogP contribution in [0.4, 0.5) is 5.69 Å². The minimum atomic E-state index is -0.797. The molecule has 3 unspecified atom stereocenters. The quantitative estimate of drug-likeness (QED) is 0.422. The maximum Gasteiger partial charge on any atom is 0.310 e. The lowest BCUT2D eigenvalue weighted by atomic mass is 9.71. The third-order valence-corrected chi connectivity index (χ3v) is 9.51. The Hall–Kier alpha value is -1.78. The number of hydrogen-bond donors (Lipinski definition) is 2. The molecular formula is C21H25BrN2O6S. The number of ether oxygens (including phenoxy) is 2. The fraction of sp³-hybridized carbons (Fsp3) is 0.571.